The molecular weight excluding hydrogens is 240 g/mol. The molecule has 0 N–H and O–H groups in total. The van der Waals surface area contributed by atoms with Gasteiger partial charge in [-0.05, 0) is 31.2 Å². The fourth-order valence-electron chi connectivity index (χ4n) is 1.90. The molecule has 2 rings (SSSR count). The highest BCUT2D eigenvalue weighted by Crippen LogP contribution is 2.35. The number of aromatic nitrogens is 1. The SMILES string of the molecule is COc1ccc(OC)c(-c2cc(C)ncc2C#N)c1. The summed E-state index contributed by atoms with van der Waals surface area (Å²) in [5.41, 5.74) is 2.98. The van der Waals surface area contributed by atoms with Crippen LogP contribution in [-0.2, 0) is 0 Å². The van der Waals surface area contributed by atoms with E-state index in [9.17, 15) is 5.26 Å². The zero-order valence-corrected chi connectivity index (χ0v) is 11.1. The highest BCUT2D eigenvalue weighted by molar-refractivity contribution is 5.76. The van der Waals surface area contributed by atoms with E-state index < -0.39 is 0 Å². The van der Waals surface area contributed by atoms with E-state index in [1.807, 2.05) is 31.2 Å². The van der Waals surface area contributed by atoms with Gasteiger partial charge in [0, 0.05) is 23.0 Å². The Morgan fingerprint density at radius 2 is 1.89 bits per heavy atom. The summed E-state index contributed by atoms with van der Waals surface area (Å²) >= 11 is 0. The number of ether oxygens (including phenoxy) is 2. The summed E-state index contributed by atoms with van der Waals surface area (Å²) in [4.78, 5) is 4.14. The van der Waals surface area contributed by atoms with Crippen LogP contribution in [0.5, 0.6) is 11.5 Å². The third-order valence-electron chi connectivity index (χ3n) is 2.86. The van der Waals surface area contributed by atoms with Crippen LogP contribution in [0.4, 0.5) is 0 Å². The number of hydrogen-bond donors (Lipinski definition) is 0. The Balaban J connectivity index is 2.70. The van der Waals surface area contributed by atoms with Crippen molar-refractivity contribution < 1.29 is 9.47 Å². The third kappa shape index (κ3) is 2.50. The lowest BCUT2D eigenvalue weighted by Gasteiger charge is -2.12. The van der Waals surface area contributed by atoms with Crippen LogP contribution >= 0.6 is 0 Å². The zero-order valence-electron chi connectivity index (χ0n) is 11.1. The molecule has 1 aromatic heterocycles. The lowest BCUT2D eigenvalue weighted by atomic mass is 10.00. The smallest absolute Gasteiger partial charge is 0.127 e. The number of hydrogen-bond acceptors (Lipinski definition) is 4. The first-order chi connectivity index (χ1) is 9.19. The lowest BCUT2D eigenvalue weighted by molar-refractivity contribution is 0.404. The Bertz CT molecular complexity index is 645. The normalized spacial score (nSPS) is 9.79. The van der Waals surface area contributed by atoms with E-state index in [1.54, 1.807) is 20.4 Å². The molecule has 0 aliphatic carbocycles. The number of nitriles is 1. The van der Waals surface area contributed by atoms with E-state index in [2.05, 4.69) is 11.1 Å². The average Bonchev–Trinajstić information content (AvgIpc) is 2.46. The minimum absolute atomic E-state index is 0.511. The van der Waals surface area contributed by atoms with Gasteiger partial charge in [0.05, 0.1) is 19.8 Å². The van der Waals surface area contributed by atoms with Gasteiger partial charge < -0.3 is 9.47 Å². The Hall–Kier alpha value is -2.54. The summed E-state index contributed by atoms with van der Waals surface area (Å²) in [5, 5.41) is 9.20. The molecule has 0 unspecified atom stereocenters. The number of nitrogens with zero attached hydrogens (tertiary/aromatic N) is 2. The average molecular weight is 254 g/mol. The molecular formula is C15H14N2O2. The van der Waals surface area contributed by atoms with Gasteiger partial charge in [0.2, 0.25) is 0 Å². The lowest BCUT2D eigenvalue weighted by Crippen LogP contribution is -1.94. The predicted octanol–water partition coefficient (Wildman–Crippen LogP) is 2.95. The molecule has 4 heteroatoms. The Morgan fingerprint density at radius 3 is 2.53 bits per heavy atom. The molecule has 0 fully saturated rings. The van der Waals surface area contributed by atoms with E-state index in [0.29, 0.717) is 17.1 Å². The van der Waals surface area contributed by atoms with Crippen molar-refractivity contribution in [3.8, 4) is 28.7 Å². The number of benzene rings is 1. The van der Waals surface area contributed by atoms with Crippen molar-refractivity contribution in [2.75, 3.05) is 14.2 Å². The second-order valence-corrected chi connectivity index (χ2v) is 4.05. The second kappa shape index (κ2) is 5.40. The van der Waals surface area contributed by atoms with Gasteiger partial charge in [0.1, 0.15) is 17.6 Å². The molecule has 0 radical (unpaired) electrons. The molecule has 96 valence electrons. The molecule has 1 aromatic carbocycles. The standard InChI is InChI=1S/C15H14N2O2/c1-10-6-13(11(8-16)9-17-10)14-7-12(18-2)4-5-15(14)19-3/h4-7,9H,1-3H3. The van der Waals surface area contributed by atoms with E-state index >= 15 is 0 Å². The first-order valence-electron chi connectivity index (χ1n) is 5.78. The highest BCUT2D eigenvalue weighted by atomic mass is 16.5. The van der Waals surface area contributed by atoms with Crippen molar-refractivity contribution in [3.05, 3.63) is 41.7 Å². The summed E-state index contributed by atoms with van der Waals surface area (Å²) in [7, 11) is 3.21. The van der Waals surface area contributed by atoms with Gasteiger partial charge in [0.15, 0.2) is 0 Å². The molecule has 0 saturated heterocycles. The number of rotatable bonds is 3. The largest absolute Gasteiger partial charge is 0.497 e. The summed E-state index contributed by atoms with van der Waals surface area (Å²) in [5.74, 6) is 1.41. The van der Waals surface area contributed by atoms with E-state index in [1.165, 1.54) is 0 Å². The van der Waals surface area contributed by atoms with E-state index in [-0.39, 0.29) is 0 Å². The molecule has 0 amide bonds. The molecule has 0 aliphatic rings. The van der Waals surface area contributed by atoms with E-state index in [0.717, 1.165) is 16.8 Å². The van der Waals surface area contributed by atoms with Crippen molar-refractivity contribution >= 4 is 0 Å². The van der Waals surface area contributed by atoms with Crippen LogP contribution in [0.3, 0.4) is 0 Å². The van der Waals surface area contributed by atoms with Crippen LogP contribution in [0.2, 0.25) is 0 Å². The third-order valence-corrected chi connectivity index (χ3v) is 2.86. The number of methoxy groups -OCH3 is 2. The van der Waals surface area contributed by atoms with Crippen molar-refractivity contribution in [2.24, 2.45) is 0 Å². The maximum atomic E-state index is 9.20. The summed E-state index contributed by atoms with van der Waals surface area (Å²) in [6, 6.07) is 9.52. The van der Waals surface area contributed by atoms with Gasteiger partial charge in [-0.2, -0.15) is 5.26 Å². The molecule has 19 heavy (non-hydrogen) atoms. The topological polar surface area (TPSA) is 55.1 Å². The van der Waals surface area contributed by atoms with Crippen LogP contribution in [0.1, 0.15) is 11.3 Å². The van der Waals surface area contributed by atoms with Gasteiger partial charge in [-0.3, -0.25) is 4.98 Å². The second-order valence-electron chi connectivity index (χ2n) is 4.05. The maximum Gasteiger partial charge on any atom is 0.127 e. The van der Waals surface area contributed by atoms with Crippen molar-refractivity contribution in [2.45, 2.75) is 6.92 Å². The molecule has 1 heterocycles. The molecule has 0 bridgehead atoms. The number of aryl methyl sites for hydroxylation is 1. The van der Waals surface area contributed by atoms with Crippen LogP contribution in [0.25, 0.3) is 11.1 Å². The Labute approximate surface area is 112 Å². The first kappa shape index (κ1) is 12.9. The first-order valence-corrected chi connectivity index (χ1v) is 5.78. The van der Waals surface area contributed by atoms with Crippen molar-refractivity contribution in [3.63, 3.8) is 0 Å². The molecule has 0 aliphatic heterocycles. The molecule has 0 saturated carbocycles. The molecule has 4 nitrogen and oxygen atoms in total. The molecule has 2 aromatic rings. The number of pyridine rings is 1. The summed E-state index contributed by atoms with van der Waals surface area (Å²) < 4.78 is 10.6. The Morgan fingerprint density at radius 1 is 1.11 bits per heavy atom. The fourth-order valence-corrected chi connectivity index (χ4v) is 1.90. The van der Waals surface area contributed by atoms with Gasteiger partial charge in [-0.25, -0.2) is 0 Å². The van der Waals surface area contributed by atoms with Crippen LogP contribution < -0.4 is 9.47 Å². The van der Waals surface area contributed by atoms with Crippen molar-refractivity contribution in [1.82, 2.24) is 4.98 Å². The monoisotopic (exact) mass is 254 g/mol. The van der Waals surface area contributed by atoms with E-state index in [4.69, 9.17) is 9.47 Å². The fraction of sp³-hybridized carbons (Fsp3) is 0.200. The minimum atomic E-state index is 0.511. The van der Waals surface area contributed by atoms with Crippen LogP contribution in [-0.4, -0.2) is 19.2 Å². The molecule has 0 atom stereocenters. The van der Waals surface area contributed by atoms with Gasteiger partial charge in [0.25, 0.3) is 0 Å². The molecule has 0 spiro atoms. The van der Waals surface area contributed by atoms with Crippen LogP contribution in [0.15, 0.2) is 30.5 Å². The zero-order chi connectivity index (χ0) is 13.8. The maximum absolute atomic E-state index is 9.20. The minimum Gasteiger partial charge on any atom is -0.497 e. The summed E-state index contributed by atoms with van der Waals surface area (Å²) in [6.45, 7) is 1.89. The highest BCUT2D eigenvalue weighted by Gasteiger charge is 2.12. The van der Waals surface area contributed by atoms with Gasteiger partial charge in [-0.15, -0.1) is 0 Å². The predicted molar refractivity (Wildman–Crippen MR) is 72.2 cm³/mol. The quantitative estimate of drug-likeness (QED) is 0.845. The van der Waals surface area contributed by atoms with Gasteiger partial charge in [-0.1, -0.05) is 0 Å². The van der Waals surface area contributed by atoms with Crippen LogP contribution in [0, 0.1) is 18.3 Å². The Kier molecular flexibility index (Phi) is 3.67. The van der Waals surface area contributed by atoms with Crippen molar-refractivity contribution in [1.29, 1.82) is 5.26 Å². The summed E-state index contributed by atoms with van der Waals surface area (Å²) in [6.07, 6.45) is 1.57. The van der Waals surface area contributed by atoms with Gasteiger partial charge >= 0.3 is 0 Å².